The Kier molecular flexibility index (Phi) is 4.81. The number of nitroso groups, excluding NO2 is 1. The van der Waals surface area contributed by atoms with Crippen LogP contribution in [-0.2, 0) is 5.54 Å². The minimum atomic E-state index is -0.229. The van der Waals surface area contributed by atoms with Crippen LogP contribution >= 0.6 is 0 Å². The molecule has 7 rings (SSSR count). The van der Waals surface area contributed by atoms with Crippen molar-refractivity contribution in [3.05, 3.63) is 102 Å². The van der Waals surface area contributed by atoms with Crippen LogP contribution in [-0.4, -0.2) is 14.5 Å². The third kappa shape index (κ3) is 3.39. The van der Waals surface area contributed by atoms with Gasteiger partial charge in [-0.05, 0) is 66.4 Å². The molecular weight excluding hydrogens is 460 g/mol. The van der Waals surface area contributed by atoms with Crippen molar-refractivity contribution < 1.29 is 0 Å². The molecule has 0 radical (unpaired) electrons. The quantitative estimate of drug-likeness (QED) is 0.261. The summed E-state index contributed by atoms with van der Waals surface area (Å²) in [6.45, 7) is 0. The van der Waals surface area contributed by atoms with Crippen LogP contribution in [0.4, 0.5) is 17.2 Å². The fourth-order valence-electron chi connectivity index (χ4n) is 5.38. The summed E-state index contributed by atoms with van der Waals surface area (Å²) in [7, 11) is 0. The second kappa shape index (κ2) is 8.21. The van der Waals surface area contributed by atoms with Gasteiger partial charge in [0.2, 0.25) is 0 Å². The van der Waals surface area contributed by atoms with Crippen molar-refractivity contribution in [3.8, 4) is 39.6 Å². The van der Waals surface area contributed by atoms with E-state index in [0.29, 0.717) is 5.69 Å². The van der Waals surface area contributed by atoms with Crippen LogP contribution in [0.5, 0.6) is 0 Å². The fraction of sp³-hybridized carbons (Fsp3) is 0.133. The van der Waals surface area contributed by atoms with Gasteiger partial charge in [0.05, 0.1) is 22.8 Å². The molecule has 1 aliphatic carbocycles. The first kappa shape index (κ1) is 21.6. The summed E-state index contributed by atoms with van der Waals surface area (Å²) in [6, 6.07) is 27.9. The zero-order valence-electron chi connectivity index (χ0n) is 20.1. The predicted octanol–water partition coefficient (Wildman–Crippen LogP) is 7.06. The Morgan fingerprint density at radius 2 is 1.65 bits per heavy atom. The molecule has 3 N–H and O–H groups in total. The van der Waals surface area contributed by atoms with E-state index in [1.165, 1.54) is 6.42 Å². The number of fused-ring (bicyclic) bond motifs is 5. The van der Waals surface area contributed by atoms with E-state index in [1.54, 1.807) is 18.3 Å². The SMILES string of the molecule is NC1(c2ccc(-c3c(-c4ccc(N=O)cc4)nc4n3-c3cccnc3Nc3ccccc3-4)cc2)CCC1. The largest absolute Gasteiger partial charge is 0.338 e. The minimum absolute atomic E-state index is 0.229. The second-order valence-electron chi connectivity index (χ2n) is 9.73. The highest BCUT2D eigenvalue weighted by atomic mass is 16.3. The fourth-order valence-corrected chi connectivity index (χ4v) is 5.38. The summed E-state index contributed by atoms with van der Waals surface area (Å²) in [5.74, 6) is 1.57. The van der Waals surface area contributed by atoms with E-state index in [4.69, 9.17) is 10.7 Å². The number of rotatable bonds is 4. The van der Waals surface area contributed by atoms with Crippen LogP contribution in [0.2, 0.25) is 0 Å². The lowest BCUT2D eigenvalue weighted by atomic mass is 9.72. The summed E-state index contributed by atoms with van der Waals surface area (Å²) in [5.41, 5.74) is 14.4. The van der Waals surface area contributed by atoms with E-state index in [2.05, 4.69) is 56.4 Å². The molecule has 0 atom stereocenters. The molecule has 0 saturated heterocycles. The second-order valence-corrected chi connectivity index (χ2v) is 9.73. The number of aromatic nitrogens is 3. The van der Waals surface area contributed by atoms with E-state index in [0.717, 1.165) is 69.5 Å². The van der Waals surface area contributed by atoms with E-state index >= 15 is 0 Å². The van der Waals surface area contributed by atoms with Crippen molar-refractivity contribution in [2.45, 2.75) is 24.8 Å². The first-order valence-corrected chi connectivity index (χ1v) is 12.4. The van der Waals surface area contributed by atoms with Gasteiger partial charge in [-0.3, -0.25) is 4.57 Å². The number of imidazole rings is 1. The molecule has 7 heteroatoms. The van der Waals surface area contributed by atoms with Crippen LogP contribution in [0.3, 0.4) is 0 Å². The highest BCUT2D eigenvalue weighted by Gasteiger charge is 2.34. The molecule has 3 aromatic carbocycles. The highest BCUT2D eigenvalue weighted by Crippen LogP contribution is 2.45. The number of para-hydroxylation sites is 1. The maximum absolute atomic E-state index is 11.1. The lowest BCUT2D eigenvalue weighted by Crippen LogP contribution is -2.43. The van der Waals surface area contributed by atoms with Crippen molar-refractivity contribution in [3.63, 3.8) is 0 Å². The Morgan fingerprint density at radius 1 is 0.892 bits per heavy atom. The normalized spacial score (nSPS) is 14.8. The molecule has 5 aromatic rings. The smallest absolute Gasteiger partial charge is 0.154 e. The molecule has 1 saturated carbocycles. The number of anilines is 2. The number of hydrogen-bond donors (Lipinski definition) is 2. The van der Waals surface area contributed by atoms with Gasteiger partial charge in [0.25, 0.3) is 0 Å². The maximum Gasteiger partial charge on any atom is 0.154 e. The van der Waals surface area contributed by atoms with Gasteiger partial charge in [-0.15, -0.1) is 4.91 Å². The van der Waals surface area contributed by atoms with Gasteiger partial charge in [-0.2, -0.15) is 0 Å². The Hall–Kier alpha value is -4.62. The Bertz CT molecular complexity index is 1650. The Balaban J connectivity index is 1.52. The molecule has 0 spiro atoms. The first-order chi connectivity index (χ1) is 18.1. The van der Waals surface area contributed by atoms with Crippen LogP contribution in [0, 0.1) is 4.91 Å². The van der Waals surface area contributed by atoms with Crippen molar-refractivity contribution in [2.75, 3.05) is 5.32 Å². The molecule has 0 amide bonds. The number of hydrogen-bond acceptors (Lipinski definition) is 6. The lowest BCUT2D eigenvalue weighted by molar-refractivity contribution is 0.253. The molecule has 0 unspecified atom stereocenters. The molecule has 2 aromatic heterocycles. The average Bonchev–Trinajstić information content (AvgIpc) is 3.26. The highest BCUT2D eigenvalue weighted by molar-refractivity contribution is 5.91. The maximum atomic E-state index is 11.1. The van der Waals surface area contributed by atoms with Gasteiger partial charge in [0.1, 0.15) is 11.5 Å². The number of pyridine rings is 1. The average molecular weight is 485 g/mol. The summed E-state index contributed by atoms with van der Waals surface area (Å²) in [4.78, 5) is 20.9. The third-order valence-corrected chi connectivity index (χ3v) is 7.55. The zero-order chi connectivity index (χ0) is 25.0. The minimum Gasteiger partial charge on any atom is -0.338 e. The predicted molar refractivity (Wildman–Crippen MR) is 146 cm³/mol. The van der Waals surface area contributed by atoms with Crippen molar-refractivity contribution in [2.24, 2.45) is 10.9 Å². The van der Waals surface area contributed by atoms with Gasteiger partial charge < -0.3 is 11.1 Å². The van der Waals surface area contributed by atoms with Crippen LogP contribution in [0.25, 0.3) is 39.6 Å². The van der Waals surface area contributed by atoms with Gasteiger partial charge in [-0.1, -0.05) is 48.5 Å². The molecule has 2 aliphatic rings. The molecule has 37 heavy (non-hydrogen) atoms. The van der Waals surface area contributed by atoms with E-state index in [1.807, 2.05) is 36.4 Å². The monoisotopic (exact) mass is 484 g/mol. The Labute approximate surface area is 214 Å². The number of nitrogens with one attached hydrogen (secondary N) is 1. The first-order valence-electron chi connectivity index (χ1n) is 12.4. The number of nitrogens with two attached hydrogens (primary N) is 1. The van der Waals surface area contributed by atoms with Gasteiger partial charge in [-0.25, -0.2) is 9.97 Å². The molecule has 1 fully saturated rings. The molecule has 0 bridgehead atoms. The molecule has 1 aliphatic heterocycles. The summed E-state index contributed by atoms with van der Waals surface area (Å²) < 4.78 is 2.18. The molecule has 7 nitrogen and oxygen atoms in total. The topological polar surface area (TPSA) is 98.2 Å². The Morgan fingerprint density at radius 3 is 2.38 bits per heavy atom. The van der Waals surface area contributed by atoms with Gasteiger partial charge in [0, 0.05) is 28.4 Å². The number of nitrogens with zero attached hydrogens (tertiary/aromatic N) is 4. The van der Waals surface area contributed by atoms with Crippen LogP contribution in [0.1, 0.15) is 24.8 Å². The van der Waals surface area contributed by atoms with Crippen molar-refractivity contribution in [1.29, 1.82) is 0 Å². The van der Waals surface area contributed by atoms with Crippen molar-refractivity contribution in [1.82, 2.24) is 14.5 Å². The van der Waals surface area contributed by atoms with Crippen LogP contribution < -0.4 is 11.1 Å². The van der Waals surface area contributed by atoms with Gasteiger partial charge >= 0.3 is 0 Å². The summed E-state index contributed by atoms with van der Waals surface area (Å²) in [6.07, 6.45) is 4.98. The molecule has 3 heterocycles. The standard InChI is InChI=1S/C30H24N6O/c31-30(16-4-17-30)21-12-8-20(9-13-21)27-26(19-10-14-22(35-37)15-11-19)34-29-23-5-1-2-6-24(23)33-28-25(36(27)29)7-3-18-32-28/h1-3,5-15,18H,4,16-17,31H2,(H,32,33). The summed E-state index contributed by atoms with van der Waals surface area (Å²) in [5, 5.41) is 6.56. The molecular formula is C30H24N6O. The third-order valence-electron chi connectivity index (χ3n) is 7.55. The van der Waals surface area contributed by atoms with E-state index in [9.17, 15) is 4.91 Å². The summed E-state index contributed by atoms with van der Waals surface area (Å²) >= 11 is 0. The van der Waals surface area contributed by atoms with Crippen LogP contribution in [0.15, 0.2) is 96.3 Å². The zero-order valence-corrected chi connectivity index (χ0v) is 20.1. The lowest BCUT2D eigenvalue weighted by Gasteiger charge is -2.38. The van der Waals surface area contributed by atoms with E-state index in [-0.39, 0.29) is 5.54 Å². The van der Waals surface area contributed by atoms with Crippen molar-refractivity contribution >= 4 is 17.2 Å². The van der Waals surface area contributed by atoms with E-state index < -0.39 is 0 Å². The molecule has 180 valence electrons. The van der Waals surface area contributed by atoms with Gasteiger partial charge in [0.15, 0.2) is 5.82 Å². The number of benzene rings is 3.